The zero-order valence-corrected chi connectivity index (χ0v) is 12.1. The van der Waals surface area contributed by atoms with Crippen molar-refractivity contribution in [1.29, 1.82) is 0 Å². The number of hydrogen-bond acceptors (Lipinski definition) is 3. The molecule has 2 aromatic rings. The Hall–Kier alpha value is -1.13. The number of thiophene rings is 1. The molecule has 1 unspecified atom stereocenters. The van der Waals surface area contributed by atoms with E-state index in [4.69, 9.17) is 0 Å². The minimum absolute atomic E-state index is 0.373. The first kappa shape index (κ1) is 13.3. The van der Waals surface area contributed by atoms with Crippen molar-refractivity contribution in [2.24, 2.45) is 7.05 Å². The number of aryl methyl sites for hydroxylation is 2. The molecule has 1 N–H and O–H groups in total. The fraction of sp³-hybridized carbons (Fsp3) is 0.500. The summed E-state index contributed by atoms with van der Waals surface area (Å²) in [6, 6.07) is 4.70. The number of hydrogen-bond donors (Lipinski definition) is 1. The van der Waals surface area contributed by atoms with Crippen molar-refractivity contribution in [3.63, 3.8) is 0 Å². The molecular formula is C14H21N3S. The summed E-state index contributed by atoms with van der Waals surface area (Å²) in [7, 11) is 2.00. The highest BCUT2D eigenvalue weighted by Crippen LogP contribution is 2.23. The molecule has 4 heteroatoms. The molecule has 0 amide bonds. The summed E-state index contributed by atoms with van der Waals surface area (Å²) in [6.07, 6.45) is 4.19. The first-order valence-electron chi connectivity index (χ1n) is 6.52. The van der Waals surface area contributed by atoms with E-state index in [1.165, 1.54) is 16.1 Å². The molecule has 0 aliphatic heterocycles. The lowest BCUT2D eigenvalue weighted by molar-refractivity contribution is 0.549. The first-order chi connectivity index (χ1) is 8.74. The second kappa shape index (κ2) is 6.16. The van der Waals surface area contributed by atoms with E-state index < -0.39 is 0 Å². The zero-order chi connectivity index (χ0) is 13.0. The minimum atomic E-state index is 0.373. The van der Waals surface area contributed by atoms with Gasteiger partial charge >= 0.3 is 0 Å². The Morgan fingerprint density at radius 2 is 2.28 bits per heavy atom. The summed E-state index contributed by atoms with van der Waals surface area (Å²) >= 11 is 1.82. The summed E-state index contributed by atoms with van der Waals surface area (Å²) in [6.45, 7) is 5.30. The average molecular weight is 263 g/mol. The minimum Gasteiger partial charge on any atom is -0.310 e. The van der Waals surface area contributed by atoms with Crippen molar-refractivity contribution in [3.8, 4) is 0 Å². The van der Waals surface area contributed by atoms with Crippen LogP contribution in [0.4, 0.5) is 0 Å². The van der Waals surface area contributed by atoms with E-state index in [9.17, 15) is 0 Å². The van der Waals surface area contributed by atoms with Gasteiger partial charge in [0.2, 0.25) is 0 Å². The molecular weight excluding hydrogens is 242 g/mol. The van der Waals surface area contributed by atoms with Gasteiger partial charge in [-0.15, -0.1) is 11.3 Å². The van der Waals surface area contributed by atoms with Gasteiger partial charge in [-0.3, -0.25) is 4.68 Å². The topological polar surface area (TPSA) is 29.9 Å². The summed E-state index contributed by atoms with van der Waals surface area (Å²) in [5.41, 5.74) is 2.55. The SMILES string of the molecule is CCNC(Cc1cccs1)c1cn(C)nc1CC. The van der Waals surface area contributed by atoms with Crippen LogP contribution < -0.4 is 5.32 Å². The highest BCUT2D eigenvalue weighted by atomic mass is 32.1. The average Bonchev–Trinajstić information content (AvgIpc) is 2.97. The van der Waals surface area contributed by atoms with E-state index in [1.54, 1.807) is 0 Å². The lowest BCUT2D eigenvalue weighted by Crippen LogP contribution is -2.23. The van der Waals surface area contributed by atoms with Gasteiger partial charge < -0.3 is 5.32 Å². The highest BCUT2D eigenvalue weighted by molar-refractivity contribution is 7.09. The van der Waals surface area contributed by atoms with Gasteiger partial charge in [0, 0.05) is 36.1 Å². The third-order valence-corrected chi connectivity index (χ3v) is 3.98. The number of nitrogens with zero attached hydrogens (tertiary/aromatic N) is 2. The maximum absolute atomic E-state index is 4.54. The Balaban J connectivity index is 2.22. The van der Waals surface area contributed by atoms with Gasteiger partial charge in [0.15, 0.2) is 0 Å². The molecule has 98 valence electrons. The van der Waals surface area contributed by atoms with Crippen molar-refractivity contribution in [3.05, 3.63) is 39.8 Å². The van der Waals surface area contributed by atoms with Gasteiger partial charge in [0.05, 0.1) is 5.69 Å². The molecule has 0 bridgehead atoms. The molecule has 1 atom stereocenters. The predicted molar refractivity (Wildman–Crippen MR) is 77.0 cm³/mol. The van der Waals surface area contributed by atoms with Crippen molar-refractivity contribution >= 4 is 11.3 Å². The Morgan fingerprint density at radius 1 is 1.44 bits per heavy atom. The highest BCUT2D eigenvalue weighted by Gasteiger charge is 2.17. The molecule has 0 fully saturated rings. The van der Waals surface area contributed by atoms with Crippen LogP contribution >= 0.6 is 11.3 Å². The number of rotatable bonds is 6. The third-order valence-electron chi connectivity index (χ3n) is 3.08. The molecule has 18 heavy (non-hydrogen) atoms. The maximum atomic E-state index is 4.54. The largest absolute Gasteiger partial charge is 0.310 e. The van der Waals surface area contributed by atoms with Crippen molar-refractivity contribution in [1.82, 2.24) is 15.1 Å². The van der Waals surface area contributed by atoms with E-state index in [0.717, 1.165) is 19.4 Å². The molecule has 2 rings (SSSR count). The normalized spacial score (nSPS) is 12.8. The van der Waals surface area contributed by atoms with Crippen molar-refractivity contribution in [2.75, 3.05) is 6.54 Å². The Kier molecular flexibility index (Phi) is 4.55. The fourth-order valence-corrected chi connectivity index (χ4v) is 3.04. The van der Waals surface area contributed by atoms with Crippen molar-refractivity contribution < 1.29 is 0 Å². The van der Waals surface area contributed by atoms with Crippen LogP contribution in [-0.2, 0) is 19.9 Å². The van der Waals surface area contributed by atoms with Crippen LogP contribution in [0.15, 0.2) is 23.7 Å². The van der Waals surface area contributed by atoms with Crippen LogP contribution in [0, 0.1) is 0 Å². The summed E-state index contributed by atoms with van der Waals surface area (Å²) in [5, 5.41) is 10.3. The second-order valence-electron chi connectivity index (χ2n) is 4.45. The standard InChI is InChI=1S/C14H21N3S/c1-4-13-12(10-17(3)16-13)14(15-5-2)9-11-7-6-8-18-11/h6-8,10,14-15H,4-5,9H2,1-3H3. The number of likely N-dealkylation sites (N-methyl/N-ethyl adjacent to an activating group) is 1. The van der Waals surface area contributed by atoms with E-state index in [-0.39, 0.29) is 0 Å². The molecule has 2 heterocycles. The van der Waals surface area contributed by atoms with E-state index in [1.807, 2.05) is 23.1 Å². The summed E-state index contributed by atoms with van der Waals surface area (Å²) in [5.74, 6) is 0. The zero-order valence-electron chi connectivity index (χ0n) is 11.3. The molecule has 0 saturated carbocycles. The fourth-order valence-electron chi connectivity index (χ4n) is 2.29. The molecule has 2 aromatic heterocycles. The molecule has 0 spiro atoms. The summed E-state index contributed by atoms with van der Waals surface area (Å²) < 4.78 is 1.92. The lowest BCUT2D eigenvalue weighted by atomic mass is 10.0. The Labute approximate surface area is 113 Å². The van der Waals surface area contributed by atoms with Crippen LogP contribution in [-0.4, -0.2) is 16.3 Å². The smallest absolute Gasteiger partial charge is 0.0669 e. The monoisotopic (exact) mass is 263 g/mol. The van der Waals surface area contributed by atoms with Crippen molar-refractivity contribution in [2.45, 2.75) is 32.7 Å². The summed E-state index contributed by atoms with van der Waals surface area (Å²) in [4.78, 5) is 1.42. The van der Waals surface area contributed by atoms with Gasteiger partial charge in [-0.2, -0.15) is 5.10 Å². The van der Waals surface area contributed by atoms with Gasteiger partial charge in [-0.05, 0) is 24.4 Å². The molecule has 0 radical (unpaired) electrons. The van der Waals surface area contributed by atoms with Gasteiger partial charge in [-0.25, -0.2) is 0 Å². The second-order valence-corrected chi connectivity index (χ2v) is 5.48. The van der Waals surface area contributed by atoms with Gasteiger partial charge in [-0.1, -0.05) is 19.9 Å². The van der Waals surface area contributed by atoms with Crippen LogP contribution in [0.5, 0.6) is 0 Å². The lowest BCUT2D eigenvalue weighted by Gasteiger charge is -2.17. The van der Waals surface area contributed by atoms with Crippen LogP contribution in [0.2, 0.25) is 0 Å². The molecule has 0 aliphatic carbocycles. The molecule has 0 aliphatic rings. The van der Waals surface area contributed by atoms with E-state index in [2.05, 4.69) is 48.0 Å². The van der Waals surface area contributed by atoms with Gasteiger partial charge in [0.25, 0.3) is 0 Å². The number of aromatic nitrogens is 2. The Bertz CT molecular complexity index is 473. The number of nitrogens with one attached hydrogen (secondary N) is 1. The van der Waals surface area contributed by atoms with Gasteiger partial charge in [0.1, 0.15) is 0 Å². The van der Waals surface area contributed by atoms with E-state index >= 15 is 0 Å². The first-order valence-corrected chi connectivity index (χ1v) is 7.40. The van der Waals surface area contributed by atoms with Crippen LogP contribution in [0.25, 0.3) is 0 Å². The quantitative estimate of drug-likeness (QED) is 0.868. The van der Waals surface area contributed by atoms with Crippen LogP contribution in [0.1, 0.15) is 36.0 Å². The Morgan fingerprint density at radius 3 is 2.89 bits per heavy atom. The third kappa shape index (κ3) is 3.00. The molecule has 0 aromatic carbocycles. The molecule has 0 saturated heterocycles. The van der Waals surface area contributed by atoms with E-state index in [0.29, 0.717) is 6.04 Å². The maximum Gasteiger partial charge on any atom is 0.0669 e. The predicted octanol–water partition coefficient (Wildman–Crippen LogP) is 2.94. The molecule has 3 nitrogen and oxygen atoms in total. The van der Waals surface area contributed by atoms with Crippen LogP contribution in [0.3, 0.4) is 0 Å².